The Bertz CT molecular complexity index is 333. The molecule has 0 saturated heterocycles. The van der Waals surface area contributed by atoms with Crippen LogP contribution in [0.2, 0.25) is 0 Å². The van der Waals surface area contributed by atoms with Gasteiger partial charge in [-0.2, -0.15) is 0 Å². The molecule has 1 atom stereocenters. The van der Waals surface area contributed by atoms with E-state index in [1.807, 2.05) is 0 Å². The van der Waals surface area contributed by atoms with Gasteiger partial charge in [0.1, 0.15) is 6.67 Å². The number of methoxy groups -OCH3 is 1. The minimum absolute atomic E-state index is 0. The topological polar surface area (TPSA) is 52.3 Å². The van der Waals surface area contributed by atoms with Crippen LogP contribution in [0.15, 0.2) is 24.3 Å². The van der Waals surface area contributed by atoms with Crippen LogP contribution in [0.4, 0.5) is 4.39 Å². The van der Waals surface area contributed by atoms with Gasteiger partial charge in [0.2, 0.25) is 0 Å². The first-order chi connectivity index (χ1) is 6.69. The van der Waals surface area contributed by atoms with Gasteiger partial charge in [0.15, 0.2) is 0 Å². The maximum Gasteiger partial charge on any atom is 0.337 e. The molecule has 0 bridgehead atoms. The van der Waals surface area contributed by atoms with Crippen molar-refractivity contribution < 1.29 is 13.9 Å². The number of carbonyl (C=O) groups excluding carboxylic acids is 1. The maximum absolute atomic E-state index is 12.2. The lowest BCUT2D eigenvalue weighted by Crippen LogP contribution is -2.13. The molecule has 0 heterocycles. The Kier molecular flexibility index (Phi) is 5.89. The van der Waals surface area contributed by atoms with Crippen molar-refractivity contribution in [1.29, 1.82) is 0 Å². The molecule has 1 aromatic rings. The van der Waals surface area contributed by atoms with Gasteiger partial charge in [0.05, 0.1) is 18.7 Å². The molecule has 84 valence electrons. The number of carbonyl (C=O) groups is 1. The average Bonchev–Trinajstić information content (AvgIpc) is 2.27. The minimum Gasteiger partial charge on any atom is -0.465 e. The average molecular weight is 234 g/mol. The molecule has 1 rings (SSSR count). The van der Waals surface area contributed by atoms with E-state index in [-0.39, 0.29) is 12.4 Å². The normalized spacial score (nSPS) is 11.4. The Morgan fingerprint density at radius 2 is 2.27 bits per heavy atom. The van der Waals surface area contributed by atoms with Crippen LogP contribution >= 0.6 is 12.4 Å². The van der Waals surface area contributed by atoms with E-state index in [9.17, 15) is 9.18 Å². The molecule has 0 spiro atoms. The molecule has 0 radical (unpaired) electrons. The van der Waals surface area contributed by atoms with Gasteiger partial charge in [-0.1, -0.05) is 12.1 Å². The molecule has 0 fully saturated rings. The van der Waals surface area contributed by atoms with Crippen molar-refractivity contribution in [2.24, 2.45) is 5.73 Å². The van der Waals surface area contributed by atoms with Crippen molar-refractivity contribution in [2.45, 2.75) is 6.04 Å². The Morgan fingerprint density at radius 1 is 1.60 bits per heavy atom. The number of hydrogen-bond donors (Lipinski definition) is 1. The quantitative estimate of drug-likeness (QED) is 0.811. The van der Waals surface area contributed by atoms with Crippen LogP contribution in [0.3, 0.4) is 0 Å². The number of ether oxygens (including phenoxy) is 1. The van der Waals surface area contributed by atoms with Gasteiger partial charge >= 0.3 is 5.97 Å². The SMILES string of the molecule is COC(=O)c1cccc([C@@H](N)CF)c1.Cl. The van der Waals surface area contributed by atoms with E-state index in [1.165, 1.54) is 13.2 Å². The third-order valence-corrected chi connectivity index (χ3v) is 1.90. The Balaban J connectivity index is 0.00000196. The Hall–Kier alpha value is -1.13. The summed E-state index contributed by atoms with van der Waals surface area (Å²) in [5, 5.41) is 0. The van der Waals surface area contributed by atoms with Gasteiger partial charge in [0, 0.05) is 0 Å². The lowest BCUT2D eigenvalue weighted by molar-refractivity contribution is 0.0600. The van der Waals surface area contributed by atoms with Crippen LogP contribution in [0, 0.1) is 0 Å². The smallest absolute Gasteiger partial charge is 0.337 e. The number of esters is 1. The molecule has 2 N–H and O–H groups in total. The number of nitrogens with two attached hydrogens (primary N) is 1. The van der Waals surface area contributed by atoms with Crippen LogP contribution < -0.4 is 5.73 Å². The molecular formula is C10H13ClFNO2. The van der Waals surface area contributed by atoms with Crippen LogP contribution in [0.1, 0.15) is 22.0 Å². The van der Waals surface area contributed by atoms with E-state index >= 15 is 0 Å². The van der Waals surface area contributed by atoms with Gasteiger partial charge < -0.3 is 10.5 Å². The lowest BCUT2D eigenvalue weighted by atomic mass is 10.1. The van der Waals surface area contributed by atoms with Crippen molar-refractivity contribution in [1.82, 2.24) is 0 Å². The van der Waals surface area contributed by atoms with Gasteiger partial charge in [-0.25, -0.2) is 9.18 Å². The molecule has 5 heteroatoms. The van der Waals surface area contributed by atoms with Crippen LogP contribution in [0.5, 0.6) is 0 Å². The zero-order valence-electron chi connectivity index (χ0n) is 8.27. The molecule has 0 unspecified atom stereocenters. The summed E-state index contributed by atoms with van der Waals surface area (Å²) < 4.78 is 16.8. The zero-order valence-corrected chi connectivity index (χ0v) is 9.09. The molecule has 3 nitrogen and oxygen atoms in total. The molecule has 0 aliphatic rings. The van der Waals surface area contributed by atoms with Crippen molar-refractivity contribution in [2.75, 3.05) is 13.8 Å². The van der Waals surface area contributed by atoms with Gasteiger partial charge in [-0.05, 0) is 17.7 Å². The highest BCUT2D eigenvalue weighted by molar-refractivity contribution is 5.89. The van der Waals surface area contributed by atoms with E-state index in [4.69, 9.17) is 5.73 Å². The lowest BCUT2D eigenvalue weighted by Gasteiger charge is -2.08. The van der Waals surface area contributed by atoms with Crippen LogP contribution in [-0.4, -0.2) is 19.8 Å². The van der Waals surface area contributed by atoms with Gasteiger partial charge in [-0.3, -0.25) is 0 Å². The summed E-state index contributed by atoms with van der Waals surface area (Å²) in [5.74, 6) is -0.446. The van der Waals surface area contributed by atoms with E-state index < -0.39 is 18.7 Å². The second-order valence-electron chi connectivity index (χ2n) is 2.88. The predicted octanol–water partition coefficient (Wildman–Crippen LogP) is 1.86. The van der Waals surface area contributed by atoms with Crippen molar-refractivity contribution in [3.63, 3.8) is 0 Å². The summed E-state index contributed by atoms with van der Waals surface area (Å²) in [6, 6.07) is 5.78. The first-order valence-corrected chi connectivity index (χ1v) is 4.19. The van der Waals surface area contributed by atoms with E-state index in [0.29, 0.717) is 11.1 Å². The van der Waals surface area contributed by atoms with Crippen molar-refractivity contribution in [3.05, 3.63) is 35.4 Å². The fourth-order valence-corrected chi connectivity index (χ4v) is 1.10. The molecule has 1 aromatic carbocycles. The van der Waals surface area contributed by atoms with Crippen LogP contribution in [0.25, 0.3) is 0 Å². The number of hydrogen-bond acceptors (Lipinski definition) is 3. The predicted molar refractivity (Wildman–Crippen MR) is 57.9 cm³/mol. The zero-order chi connectivity index (χ0) is 10.6. The molecular weight excluding hydrogens is 221 g/mol. The standard InChI is InChI=1S/C10H12FNO2.ClH/c1-14-10(13)8-4-2-3-7(5-8)9(12)6-11;/h2-5,9H,6,12H2,1H3;1H/t9-;/m0./s1. The highest BCUT2D eigenvalue weighted by Gasteiger charge is 2.09. The molecule has 0 saturated carbocycles. The molecule has 0 amide bonds. The summed E-state index contributed by atoms with van der Waals surface area (Å²) >= 11 is 0. The highest BCUT2D eigenvalue weighted by atomic mass is 35.5. The summed E-state index contributed by atoms with van der Waals surface area (Å²) in [6.45, 7) is -0.648. The van der Waals surface area contributed by atoms with Crippen molar-refractivity contribution >= 4 is 18.4 Å². The third kappa shape index (κ3) is 3.49. The van der Waals surface area contributed by atoms with E-state index in [2.05, 4.69) is 4.74 Å². The van der Waals surface area contributed by atoms with E-state index in [1.54, 1.807) is 18.2 Å². The molecule has 0 aliphatic heterocycles. The first-order valence-electron chi connectivity index (χ1n) is 4.19. The summed E-state index contributed by atoms with van der Waals surface area (Å²) in [7, 11) is 1.30. The first kappa shape index (κ1) is 13.9. The van der Waals surface area contributed by atoms with Gasteiger partial charge in [-0.15, -0.1) is 12.4 Å². The van der Waals surface area contributed by atoms with Gasteiger partial charge in [0.25, 0.3) is 0 Å². The van der Waals surface area contributed by atoms with Crippen LogP contribution in [-0.2, 0) is 4.74 Å². The number of benzene rings is 1. The largest absolute Gasteiger partial charge is 0.465 e. The molecule has 15 heavy (non-hydrogen) atoms. The fourth-order valence-electron chi connectivity index (χ4n) is 1.10. The summed E-state index contributed by atoms with van der Waals surface area (Å²) in [6.07, 6.45) is 0. The number of rotatable bonds is 3. The fraction of sp³-hybridized carbons (Fsp3) is 0.300. The second kappa shape index (κ2) is 6.37. The Labute approximate surface area is 93.8 Å². The monoisotopic (exact) mass is 233 g/mol. The minimum atomic E-state index is -0.681. The molecule has 0 aliphatic carbocycles. The maximum atomic E-state index is 12.2. The number of alkyl halides is 1. The summed E-state index contributed by atoms with van der Waals surface area (Å²) in [5.41, 5.74) is 6.45. The second-order valence-corrected chi connectivity index (χ2v) is 2.88. The van der Waals surface area contributed by atoms with E-state index in [0.717, 1.165) is 0 Å². The Morgan fingerprint density at radius 3 is 2.80 bits per heavy atom. The van der Waals surface area contributed by atoms with Crippen molar-refractivity contribution in [3.8, 4) is 0 Å². The highest BCUT2D eigenvalue weighted by Crippen LogP contribution is 2.13. The number of halogens is 2. The third-order valence-electron chi connectivity index (χ3n) is 1.90. The summed E-state index contributed by atoms with van der Waals surface area (Å²) in [4.78, 5) is 11.1. The molecule has 0 aromatic heterocycles.